The van der Waals surface area contributed by atoms with E-state index in [4.69, 9.17) is 5.11 Å². The number of carbonyl (C=O) groups excluding carboxylic acids is 1. The van der Waals surface area contributed by atoms with E-state index >= 15 is 0 Å². The molecule has 1 fully saturated rings. The van der Waals surface area contributed by atoms with Gasteiger partial charge in [0.15, 0.2) is 0 Å². The Balaban J connectivity index is 2.30. The lowest BCUT2D eigenvalue weighted by molar-refractivity contribution is -0.144. The summed E-state index contributed by atoms with van der Waals surface area (Å²) in [5.41, 5.74) is 0. The number of hydrogen-bond acceptors (Lipinski definition) is 4. The maximum Gasteiger partial charge on any atom is 0.314 e. The number of carbonyl (C=O) groups is 2. The summed E-state index contributed by atoms with van der Waals surface area (Å²) in [4.78, 5) is 22.7. The molecule has 1 rings (SSSR count). The fourth-order valence-corrected chi connectivity index (χ4v) is 3.04. The third kappa shape index (κ3) is 6.30. The maximum absolute atomic E-state index is 11.6. The lowest BCUT2D eigenvalue weighted by Gasteiger charge is -2.28. The SMILES string of the molecule is CNS(=O)(=O)CCNC(=O)NCC1CCCCC1C(=O)O. The molecule has 0 saturated heterocycles. The van der Waals surface area contributed by atoms with Gasteiger partial charge in [0, 0.05) is 13.1 Å². The average Bonchev–Trinajstić information content (AvgIpc) is 2.45. The van der Waals surface area contributed by atoms with E-state index < -0.39 is 27.9 Å². The third-order valence-electron chi connectivity index (χ3n) is 3.72. The molecule has 2 amide bonds. The minimum Gasteiger partial charge on any atom is -0.481 e. The van der Waals surface area contributed by atoms with Gasteiger partial charge in [-0.25, -0.2) is 17.9 Å². The number of carboxylic acid groups (broad SMARTS) is 1. The van der Waals surface area contributed by atoms with Crippen molar-refractivity contribution >= 4 is 22.0 Å². The van der Waals surface area contributed by atoms with Crippen LogP contribution in [0.4, 0.5) is 4.79 Å². The van der Waals surface area contributed by atoms with Crippen molar-refractivity contribution in [2.45, 2.75) is 25.7 Å². The Hall–Kier alpha value is -1.35. The van der Waals surface area contributed by atoms with Gasteiger partial charge in [-0.2, -0.15) is 0 Å². The minimum absolute atomic E-state index is 0.00202. The smallest absolute Gasteiger partial charge is 0.314 e. The van der Waals surface area contributed by atoms with E-state index in [0.29, 0.717) is 13.0 Å². The molecule has 21 heavy (non-hydrogen) atoms. The van der Waals surface area contributed by atoms with Gasteiger partial charge in [-0.3, -0.25) is 4.79 Å². The first-order valence-electron chi connectivity index (χ1n) is 7.01. The number of rotatable bonds is 7. The quantitative estimate of drug-likeness (QED) is 0.513. The molecular formula is C12H23N3O5S. The first-order chi connectivity index (χ1) is 9.85. The third-order valence-corrected chi connectivity index (χ3v) is 5.08. The highest BCUT2D eigenvalue weighted by molar-refractivity contribution is 7.89. The number of urea groups is 1. The van der Waals surface area contributed by atoms with Crippen molar-refractivity contribution in [3.8, 4) is 0 Å². The van der Waals surface area contributed by atoms with Gasteiger partial charge in [0.2, 0.25) is 10.0 Å². The predicted octanol–water partition coefficient (Wildman–Crippen LogP) is -0.274. The molecule has 9 heteroatoms. The van der Waals surface area contributed by atoms with E-state index in [1.807, 2.05) is 0 Å². The molecular weight excluding hydrogens is 298 g/mol. The van der Waals surface area contributed by atoms with Crippen LogP contribution in [0.25, 0.3) is 0 Å². The zero-order chi connectivity index (χ0) is 15.9. The summed E-state index contributed by atoms with van der Waals surface area (Å²) in [6, 6.07) is -0.476. The lowest BCUT2D eigenvalue weighted by Crippen LogP contribution is -2.43. The molecule has 0 spiro atoms. The molecule has 0 heterocycles. The van der Waals surface area contributed by atoms with Crippen molar-refractivity contribution in [1.82, 2.24) is 15.4 Å². The summed E-state index contributed by atoms with van der Waals surface area (Å²) in [6.45, 7) is 0.295. The molecule has 0 aliphatic heterocycles. The number of amides is 2. The molecule has 122 valence electrons. The number of nitrogens with one attached hydrogen (secondary N) is 3. The molecule has 0 aromatic heterocycles. The van der Waals surface area contributed by atoms with Gasteiger partial charge in [-0.15, -0.1) is 0 Å². The number of aliphatic carboxylic acids is 1. The molecule has 8 nitrogen and oxygen atoms in total. The van der Waals surface area contributed by atoms with Crippen LogP contribution in [-0.4, -0.2) is 51.4 Å². The van der Waals surface area contributed by atoms with Gasteiger partial charge < -0.3 is 15.7 Å². The second-order valence-corrected chi connectivity index (χ2v) is 7.20. The standard InChI is InChI=1S/C12H23N3O5S/c1-13-21(19,20)7-6-14-12(18)15-8-9-4-2-3-5-10(9)11(16)17/h9-10,13H,2-8H2,1H3,(H,16,17)(H2,14,15,18). The molecule has 0 aromatic carbocycles. The fraction of sp³-hybridized carbons (Fsp3) is 0.833. The normalized spacial score (nSPS) is 22.5. The Morgan fingerprint density at radius 1 is 1.19 bits per heavy atom. The molecule has 1 aliphatic rings. The van der Waals surface area contributed by atoms with Gasteiger partial charge in [-0.05, 0) is 25.8 Å². The Bertz CT molecular complexity index is 466. The van der Waals surface area contributed by atoms with Gasteiger partial charge in [0.05, 0.1) is 11.7 Å². The molecule has 4 N–H and O–H groups in total. The van der Waals surface area contributed by atoms with Gasteiger partial charge in [-0.1, -0.05) is 12.8 Å². The van der Waals surface area contributed by atoms with E-state index in [-0.39, 0.29) is 18.2 Å². The van der Waals surface area contributed by atoms with Crippen molar-refractivity contribution in [3.05, 3.63) is 0 Å². The molecule has 0 bridgehead atoms. The van der Waals surface area contributed by atoms with Crippen molar-refractivity contribution in [2.75, 3.05) is 25.9 Å². The second-order valence-electron chi connectivity index (χ2n) is 5.15. The summed E-state index contributed by atoms with van der Waals surface area (Å²) in [6.07, 6.45) is 3.30. The van der Waals surface area contributed by atoms with Crippen LogP contribution in [0.2, 0.25) is 0 Å². The van der Waals surface area contributed by atoms with E-state index in [0.717, 1.165) is 19.3 Å². The summed E-state index contributed by atoms with van der Waals surface area (Å²) < 4.78 is 24.5. The monoisotopic (exact) mass is 321 g/mol. The molecule has 1 saturated carbocycles. The minimum atomic E-state index is -3.34. The highest BCUT2D eigenvalue weighted by Crippen LogP contribution is 2.29. The summed E-state index contributed by atoms with van der Waals surface area (Å²) in [5.74, 6) is -1.49. The number of sulfonamides is 1. The lowest BCUT2D eigenvalue weighted by atomic mass is 9.79. The first-order valence-corrected chi connectivity index (χ1v) is 8.66. The van der Waals surface area contributed by atoms with Crippen molar-refractivity contribution < 1.29 is 23.1 Å². The summed E-state index contributed by atoms with van der Waals surface area (Å²) in [5, 5.41) is 14.2. The molecule has 0 radical (unpaired) electrons. The van der Waals surface area contributed by atoms with E-state index in [1.54, 1.807) is 0 Å². The van der Waals surface area contributed by atoms with Crippen LogP contribution in [0.3, 0.4) is 0 Å². The van der Waals surface area contributed by atoms with Crippen LogP contribution in [0, 0.1) is 11.8 Å². The summed E-state index contributed by atoms with van der Waals surface area (Å²) in [7, 11) is -2.03. The molecule has 2 unspecified atom stereocenters. The zero-order valence-corrected chi connectivity index (χ0v) is 12.9. The highest BCUT2D eigenvalue weighted by atomic mass is 32.2. The maximum atomic E-state index is 11.6. The van der Waals surface area contributed by atoms with Crippen LogP contribution in [0.1, 0.15) is 25.7 Å². The van der Waals surface area contributed by atoms with Gasteiger partial charge in [0.1, 0.15) is 0 Å². The van der Waals surface area contributed by atoms with Crippen LogP contribution in [-0.2, 0) is 14.8 Å². The van der Waals surface area contributed by atoms with E-state index in [2.05, 4.69) is 15.4 Å². The van der Waals surface area contributed by atoms with Crippen LogP contribution in [0.5, 0.6) is 0 Å². The Morgan fingerprint density at radius 2 is 1.86 bits per heavy atom. The van der Waals surface area contributed by atoms with Crippen molar-refractivity contribution in [1.29, 1.82) is 0 Å². The zero-order valence-electron chi connectivity index (χ0n) is 12.1. The molecule has 1 aliphatic carbocycles. The summed E-state index contributed by atoms with van der Waals surface area (Å²) >= 11 is 0. The first kappa shape index (κ1) is 17.7. The van der Waals surface area contributed by atoms with Crippen LogP contribution < -0.4 is 15.4 Å². The largest absolute Gasteiger partial charge is 0.481 e. The topological polar surface area (TPSA) is 125 Å². The van der Waals surface area contributed by atoms with E-state index in [9.17, 15) is 18.0 Å². The highest BCUT2D eigenvalue weighted by Gasteiger charge is 2.30. The second kappa shape index (κ2) is 8.18. The average molecular weight is 321 g/mol. The van der Waals surface area contributed by atoms with Crippen LogP contribution in [0.15, 0.2) is 0 Å². The Labute approximate surface area is 124 Å². The molecule has 0 aromatic rings. The van der Waals surface area contributed by atoms with Crippen molar-refractivity contribution in [2.24, 2.45) is 11.8 Å². The number of hydrogen-bond donors (Lipinski definition) is 4. The van der Waals surface area contributed by atoms with Gasteiger partial charge >= 0.3 is 12.0 Å². The molecule has 2 atom stereocenters. The number of carboxylic acids is 1. The Kier molecular flexibility index (Phi) is 6.90. The van der Waals surface area contributed by atoms with Crippen LogP contribution >= 0.6 is 0 Å². The predicted molar refractivity (Wildman–Crippen MR) is 77.3 cm³/mol. The van der Waals surface area contributed by atoms with Crippen molar-refractivity contribution in [3.63, 3.8) is 0 Å². The van der Waals surface area contributed by atoms with E-state index in [1.165, 1.54) is 7.05 Å². The Morgan fingerprint density at radius 3 is 2.48 bits per heavy atom. The fourth-order valence-electron chi connectivity index (χ4n) is 2.46. The van der Waals surface area contributed by atoms with Gasteiger partial charge in [0.25, 0.3) is 0 Å².